The average Bonchev–Trinajstić information content (AvgIpc) is 2.42. The van der Waals surface area contributed by atoms with Crippen LogP contribution in [0.15, 0.2) is 21.1 Å². The minimum atomic E-state index is 0.189. The van der Waals surface area contributed by atoms with Gasteiger partial charge in [-0.05, 0) is 62.9 Å². The van der Waals surface area contributed by atoms with Crippen LogP contribution in [-0.2, 0) is 11.3 Å². The predicted molar refractivity (Wildman–Crippen MR) is 92.8 cm³/mol. The van der Waals surface area contributed by atoms with E-state index in [1.54, 1.807) is 7.11 Å². The van der Waals surface area contributed by atoms with Crippen molar-refractivity contribution in [3.05, 3.63) is 26.6 Å². The second kappa shape index (κ2) is 6.99. The third kappa shape index (κ3) is 3.63. The molecular formula is C16H23Br2NO2. The molecule has 0 heterocycles. The molecule has 1 aromatic rings. The first-order valence-corrected chi connectivity index (χ1v) is 8.85. The molecule has 0 aliphatic heterocycles. The van der Waals surface area contributed by atoms with Gasteiger partial charge in [-0.15, -0.1) is 0 Å². The average molecular weight is 421 g/mol. The molecule has 2 atom stereocenters. The van der Waals surface area contributed by atoms with E-state index in [4.69, 9.17) is 9.47 Å². The monoisotopic (exact) mass is 419 g/mol. The smallest absolute Gasteiger partial charge is 0.147 e. The Kier molecular flexibility index (Phi) is 5.74. The summed E-state index contributed by atoms with van der Waals surface area (Å²) < 4.78 is 13.1. The maximum absolute atomic E-state index is 5.61. The third-order valence-corrected chi connectivity index (χ3v) is 5.54. The summed E-state index contributed by atoms with van der Waals surface area (Å²) >= 11 is 7.15. The van der Waals surface area contributed by atoms with Gasteiger partial charge in [-0.1, -0.05) is 13.8 Å². The summed E-state index contributed by atoms with van der Waals surface area (Å²) in [6.45, 7) is 8.00. The number of ether oxygens (including phenoxy) is 2. The fourth-order valence-corrected chi connectivity index (χ4v) is 4.38. The van der Waals surface area contributed by atoms with Gasteiger partial charge in [-0.3, -0.25) is 0 Å². The lowest BCUT2D eigenvalue weighted by atomic mass is 9.64. The van der Waals surface area contributed by atoms with Crippen molar-refractivity contribution in [3.8, 4) is 5.75 Å². The fourth-order valence-electron chi connectivity index (χ4n) is 2.87. The first kappa shape index (κ1) is 17.3. The van der Waals surface area contributed by atoms with Crippen molar-refractivity contribution in [1.82, 2.24) is 5.32 Å². The van der Waals surface area contributed by atoms with Crippen LogP contribution in [0.5, 0.6) is 5.75 Å². The van der Waals surface area contributed by atoms with Crippen molar-refractivity contribution >= 4 is 31.9 Å². The number of hydrogen-bond acceptors (Lipinski definition) is 3. The van der Waals surface area contributed by atoms with E-state index >= 15 is 0 Å². The quantitative estimate of drug-likeness (QED) is 0.734. The molecule has 5 heteroatoms. The number of halogens is 2. The third-order valence-electron chi connectivity index (χ3n) is 4.36. The Bertz CT molecular complexity index is 482. The van der Waals surface area contributed by atoms with Gasteiger partial charge in [-0.25, -0.2) is 0 Å². The van der Waals surface area contributed by atoms with Crippen LogP contribution in [0.1, 0.15) is 32.8 Å². The van der Waals surface area contributed by atoms with Crippen LogP contribution in [0.2, 0.25) is 0 Å². The number of rotatable bonds is 6. The maximum atomic E-state index is 5.61. The molecule has 0 spiro atoms. The highest BCUT2D eigenvalue weighted by molar-refractivity contribution is 9.11. The van der Waals surface area contributed by atoms with Gasteiger partial charge in [0.1, 0.15) is 5.75 Å². The van der Waals surface area contributed by atoms with Gasteiger partial charge >= 0.3 is 0 Å². The first-order chi connectivity index (χ1) is 9.90. The molecule has 21 heavy (non-hydrogen) atoms. The van der Waals surface area contributed by atoms with Crippen LogP contribution in [0.25, 0.3) is 0 Å². The minimum absolute atomic E-state index is 0.189. The van der Waals surface area contributed by atoms with E-state index in [0.717, 1.165) is 27.7 Å². The van der Waals surface area contributed by atoms with Crippen molar-refractivity contribution in [2.24, 2.45) is 5.41 Å². The zero-order valence-corrected chi connectivity index (χ0v) is 16.2. The van der Waals surface area contributed by atoms with E-state index in [-0.39, 0.29) is 5.41 Å². The molecule has 1 aliphatic carbocycles. The largest absolute Gasteiger partial charge is 0.492 e. The van der Waals surface area contributed by atoms with Crippen molar-refractivity contribution in [2.45, 2.75) is 45.9 Å². The van der Waals surface area contributed by atoms with Gasteiger partial charge in [0.15, 0.2) is 0 Å². The molecule has 1 fully saturated rings. The maximum Gasteiger partial charge on any atom is 0.147 e. The molecule has 118 valence electrons. The van der Waals surface area contributed by atoms with E-state index in [9.17, 15) is 0 Å². The van der Waals surface area contributed by atoms with Crippen molar-refractivity contribution in [1.29, 1.82) is 0 Å². The summed E-state index contributed by atoms with van der Waals surface area (Å²) in [5, 5.41) is 3.63. The molecule has 0 radical (unpaired) electrons. The van der Waals surface area contributed by atoms with E-state index in [0.29, 0.717) is 18.8 Å². The standard InChI is InChI=1S/C16H23Br2NO2/c1-5-21-15-11(17)6-10(7-12(15)18)9-19-13-8-14(20-4)16(13,2)3/h6-7,13-14,19H,5,8-9H2,1-4H3. The molecule has 0 aromatic heterocycles. The van der Waals surface area contributed by atoms with E-state index < -0.39 is 0 Å². The molecule has 1 saturated carbocycles. The lowest BCUT2D eigenvalue weighted by Crippen LogP contribution is -2.60. The highest BCUT2D eigenvalue weighted by Crippen LogP contribution is 2.42. The van der Waals surface area contributed by atoms with Crippen LogP contribution in [0.4, 0.5) is 0 Å². The van der Waals surface area contributed by atoms with Gasteiger partial charge in [-0.2, -0.15) is 0 Å². The molecule has 1 aliphatic rings. The molecule has 1 N–H and O–H groups in total. The summed E-state index contributed by atoms with van der Waals surface area (Å²) in [6.07, 6.45) is 1.43. The van der Waals surface area contributed by atoms with Gasteiger partial charge in [0, 0.05) is 25.1 Å². The molecule has 0 amide bonds. The minimum Gasteiger partial charge on any atom is -0.492 e. The Morgan fingerprint density at radius 3 is 2.38 bits per heavy atom. The van der Waals surface area contributed by atoms with Crippen LogP contribution >= 0.6 is 31.9 Å². The number of hydrogen-bond donors (Lipinski definition) is 1. The van der Waals surface area contributed by atoms with Crippen molar-refractivity contribution in [3.63, 3.8) is 0 Å². The zero-order valence-electron chi connectivity index (χ0n) is 13.0. The Balaban J connectivity index is 1.99. The van der Waals surface area contributed by atoms with Crippen LogP contribution in [-0.4, -0.2) is 25.9 Å². The van der Waals surface area contributed by atoms with E-state index in [1.165, 1.54) is 5.56 Å². The topological polar surface area (TPSA) is 30.5 Å². The summed E-state index contributed by atoms with van der Waals surface area (Å²) in [5.74, 6) is 0.865. The predicted octanol–water partition coefficient (Wildman–Crippen LogP) is 4.51. The van der Waals surface area contributed by atoms with Gasteiger partial charge in [0.25, 0.3) is 0 Å². The second-order valence-corrected chi connectivity index (χ2v) is 7.75. The molecule has 0 bridgehead atoms. The highest BCUT2D eigenvalue weighted by Gasteiger charge is 2.48. The Morgan fingerprint density at radius 1 is 1.29 bits per heavy atom. The highest BCUT2D eigenvalue weighted by atomic mass is 79.9. The van der Waals surface area contributed by atoms with Crippen molar-refractivity contribution < 1.29 is 9.47 Å². The van der Waals surface area contributed by atoms with Crippen LogP contribution < -0.4 is 10.1 Å². The molecule has 1 aromatic carbocycles. The number of nitrogens with one attached hydrogen (secondary N) is 1. The molecule has 3 nitrogen and oxygen atoms in total. The summed E-state index contributed by atoms with van der Waals surface area (Å²) in [6, 6.07) is 4.72. The summed E-state index contributed by atoms with van der Waals surface area (Å²) in [7, 11) is 1.79. The lowest BCUT2D eigenvalue weighted by Gasteiger charge is -2.51. The molecule has 0 saturated heterocycles. The number of benzene rings is 1. The molecule has 2 unspecified atom stereocenters. The Labute approximate surface area is 144 Å². The van der Waals surface area contributed by atoms with E-state index in [2.05, 4.69) is 63.2 Å². The Hall–Kier alpha value is -0.100. The summed E-state index contributed by atoms with van der Waals surface area (Å²) in [4.78, 5) is 0. The van der Waals surface area contributed by atoms with Crippen molar-refractivity contribution in [2.75, 3.05) is 13.7 Å². The second-order valence-electron chi connectivity index (χ2n) is 6.04. The summed E-state index contributed by atoms with van der Waals surface area (Å²) in [5.41, 5.74) is 1.42. The van der Waals surface area contributed by atoms with Gasteiger partial charge in [0.2, 0.25) is 0 Å². The SMILES string of the molecule is CCOc1c(Br)cc(CNC2CC(OC)C2(C)C)cc1Br. The van der Waals surface area contributed by atoms with E-state index in [1.807, 2.05) is 6.92 Å². The van der Waals surface area contributed by atoms with Crippen LogP contribution in [0.3, 0.4) is 0 Å². The van der Waals surface area contributed by atoms with Gasteiger partial charge < -0.3 is 14.8 Å². The normalized spacial score (nSPS) is 23.7. The number of methoxy groups -OCH3 is 1. The van der Waals surface area contributed by atoms with Gasteiger partial charge in [0.05, 0.1) is 21.7 Å². The zero-order chi connectivity index (χ0) is 15.6. The van der Waals surface area contributed by atoms with Crippen LogP contribution in [0, 0.1) is 5.41 Å². The first-order valence-electron chi connectivity index (χ1n) is 7.27. The fraction of sp³-hybridized carbons (Fsp3) is 0.625. The lowest BCUT2D eigenvalue weighted by molar-refractivity contribution is -0.0979. The Morgan fingerprint density at radius 2 is 1.90 bits per heavy atom. The molecule has 2 rings (SSSR count). The molecular weight excluding hydrogens is 398 g/mol.